The SMILES string of the molecule is CC(=O)CNC(=O)c1cc(F)ccc1[N+](=O)[O-]. The Morgan fingerprint density at radius 3 is 2.65 bits per heavy atom. The second-order valence-electron chi connectivity index (χ2n) is 3.30. The van der Waals surface area contributed by atoms with Crippen molar-refractivity contribution in [3.63, 3.8) is 0 Å². The van der Waals surface area contributed by atoms with E-state index in [1.165, 1.54) is 6.92 Å². The lowest BCUT2D eigenvalue weighted by molar-refractivity contribution is -0.385. The predicted molar refractivity (Wildman–Crippen MR) is 56.1 cm³/mol. The summed E-state index contributed by atoms with van der Waals surface area (Å²) in [6.45, 7) is 0.993. The Hall–Kier alpha value is -2.31. The highest BCUT2D eigenvalue weighted by molar-refractivity contribution is 5.99. The first-order valence-electron chi connectivity index (χ1n) is 4.63. The largest absolute Gasteiger partial charge is 0.345 e. The molecule has 0 aromatic heterocycles. The molecule has 0 atom stereocenters. The monoisotopic (exact) mass is 240 g/mol. The number of nitrogens with one attached hydrogen (secondary N) is 1. The first-order chi connectivity index (χ1) is 7.91. The van der Waals surface area contributed by atoms with E-state index in [-0.39, 0.29) is 12.3 Å². The number of carbonyl (C=O) groups is 2. The predicted octanol–water partition coefficient (Wildman–Crippen LogP) is 1.05. The van der Waals surface area contributed by atoms with Crippen LogP contribution in [-0.4, -0.2) is 23.2 Å². The third-order valence-electron chi connectivity index (χ3n) is 1.90. The summed E-state index contributed by atoms with van der Waals surface area (Å²) in [5.41, 5.74) is -0.913. The van der Waals surface area contributed by atoms with Gasteiger partial charge in [0.25, 0.3) is 11.6 Å². The van der Waals surface area contributed by atoms with Crippen LogP contribution in [0.1, 0.15) is 17.3 Å². The Morgan fingerprint density at radius 1 is 1.47 bits per heavy atom. The fourth-order valence-electron chi connectivity index (χ4n) is 1.15. The standard InChI is InChI=1S/C10H9FN2O4/c1-6(14)5-12-10(15)8-4-7(11)2-3-9(8)13(16)17/h2-4H,5H2,1H3,(H,12,15). The molecular weight excluding hydrogens is 231 g/mol. The summed E-state index contributed by atoms with van der Waals surface area (Å²) >= 11 is 0. The molecule has 1 rings (SSSR count). The summed E-state index contributed by atoms with van der Waals surface area (Å²) in [6.07, 6.45) is 0. The minimum Gasteiger partial charge on any atom is -0.345 e. The van der Waals surface area contributed by atoms with Crippen molar-refractivity contribution in [1.82, 2.24) is 5.32 Å². The van der Waals surface area contributed by atoms with Crippen molar-refractivity contribution in [2.75, 3.05) is 6.54 Å². The molecule has 0 fully saturated rings. The van der Waals surface area contributed by atoms with Crippen LogP contribution in [-0.2, 0) is 4.79 Å². The molecule has 0 aliphatic heterocycles. The van der Waals surface area contributed by atoms with E-state index in [9.17, 15) is 24.1 Å². The molecule has 1 aromatic rings. The molecule has 90 valence electrons. The summed E-state index contributed by atoms with van der Waals surface area (Å²) in [6, 6.07) is 2.55. The first kappa shape index (κ1) is 12.8. The Morgan fingerprint density at radius 2 is 2.12 bits per heavy atom. The van der Waals surface area contributed by atoms with Gasteiger partial charge in [-0.3, -0.25) is 19.7 Å². The summed E-state index contributed by atoms with van der Waals surface area (Å²) in [5, 5.41) is 12.8. The number of hydrogen-bond acceptors (Lipinski definition) is 4. The number of amides is 1. The zero-order valence-corrected chi connectivity index (χ0v) is 8.90. The third kappa shape index (κ3) is 3.33. The number of hydrogen-bond donors (Lipinski definition) is 1. The molecule has 0 heterocycles. The summed E-state index contributed by atoms with van der Waals surface area (Å²) < 4.78 is 12.9. The number of benzene rings is 1. The van der Waals surface area contributed by atoms with Crippen LogP contribution in [0.15, 0.2) is 18.2 Å². The van der Waals surface area contributed by atoms with Crippen LogP contribution in [0.2, 0.25) is 0 Å². The highest BCUT2D eigenvalue weighted by atomic mass is 19.1. The maximum atomic E-state index is 12.9. The van der Waals surface area contributed by atoms with Crippen LogP contribution in [0.3, 0.4) is 0 Å². The van der Waals surface area contributed by atoms with Gasteiger partial charge in [-0.15, -0.1) is 0 Å². The fraction of sp³-hybridized carbons (Fsp3) is 0.200. The molecule has 0 unspecified atom stereocenters. The van der Waals surface area contributed by atoms with Crippen LogP contribution in [0.25, 0.3) is 0 Å². The number of rotatable bonds is 4. The van der Waals surface area contributed by atoms with Gasteiger partial charge in [0.1, 0.15) is 17.2 Å². The van der Waals surface area contributed by atoms with Crippen LogP contribution < -0.4 is 5.32 Å². The minimum absolute atomic E-state index is 0.257. The van der Waals surface area contributed by atoms with E-state index in [1.807, 2.05) is 0 Å². The van der Waals surface area contributed by atoms with Crippen molar-refractivity contribution in [2.45, 2.75) is 6.92 Å². The second kappa shape index (κ2) is 5.15. The van der Waals surface area contributed by atoms with Crippen molar-refractivity contribution in [3.8, 4) is 0 Å². The van der Waals surface area contributed by atoms with Gasteiger partial charge in [-0.2, -0.15) is 0 Å². The van der Waals surface area contributed by atoms with Gasteiger partial charge in [0.2, 0.25) is 0 Å². The molecule has 6 nitrogen and oxygen atoms in total. The van der Waals surface area contributed by atoms with Crippen LogP contribution in [0.5, 0.6) is 0 Å². The van der Waals surface area contributed by atoms with Gasteiger partial charge in [-0.1, -0.05) is 0 Å². The van der Waals surface area contributed by atoms with Crippen LogP contribution in [0, 0.1) is 15.9 Å². The average molecular weight is 240 g/mol. The van der Waals surface area contributed by atoms with Crippen LogP contribution in [0.4, 0.5) is 10.1 Å². The summed E-state index contributed by atoms with van der Waals surface area (Å²) in [4.78, 5) is 32.0. The Bertz CT molecular complexity index is 487. The third-order valence-corrected chi connectivity index (χ3v) is 1.90. The lowest BCUT2D eigenvalue weighted by atomic mass is 10.1. The number of ketones is 1. The molecule has 1 amide bonds. The number of carbonyl (C=O) groups excluding carboxylic acids is 2. The van der Waals surface area contributed by atoms with Gasteiger partial charge in [-0.25, -0.2) is 4.39 Å². The molecule has 17 heavy (non-hydrogen) atoms. The summed E-state index contributed by atoms with van der Waals surface area (Å²) in [7, 11) is 0. The molecule has 7 heteroatoms. The van der Waals surface area contributed by atoms with E-state index in [0.29, 0.717) is 0 Å². The van der Waals surface area contributed by atoms with Crippen molar-refractivity contribution >= 4 is 17.4 Å². The number of nitro benzene ring substituents is 1. The van der Waals surface area contributed by atoms with Gasteiger partial charge in [0.05, 0.1) is 11.5 Å². The van der Waals surface area contributed by atoms with E-state index in [0.717, 1.165) is 18.2 Å². The molecule has 0 saturated carbocycles. The van der Waals surface area contributed by atoms with Crippen molar-refractivity contribution < 1.29 is 18.9 Å². The smallest absolute Gasteiger partial charge is 0.282 e. The molecule has 0 aliphatic carbocycles. The Kier molecular flexibility index (Phi) is 3.86. The molecule has 0 radical (unpaired) electrons. The highest BCUT2D eigenvalue weighted by Gasteiger charge is 2.20. The fourth-order valence-corrected chi connectivity index (χ4v) is 1.15. The zero-order chi connectivity index (χ0) is 13.0. The van der Waals surface area contributed by atoms with Crippen molar-refractivity contribution in [1.29, 1.82) is 0 Å². The normalized spacial score (nSPS) is 9.76. The maximum Gasteiger partial charge on any atom is 0.282 e. The van der Waals surface area contributed by atoms with E-state index in [1.54, 1.807) is 0 Å². The quantitative estimate of drug-likeness (QED) is 0.629. The first-order valence-corrected chi connectivity index (χ1v) is 4.63. The molecular formula is C10H9FN2O4. The number of Topliss-reactive ketones (excluding diaryl/α,β-unsaturated/α-hetero) is 1. The van der Waals surface area contributed by atoms with Crippen molar-refractivity contribution in [2.24, 2.45) is 0 Å². The van der Waals surface area contributed by atoms with E-state index in [4.69, 9.17) is 0 Å². The van der Waals surface area contributed by atoms with Gasteiger partial charge >= 0.3 is 0 Å². The Labute approximate surface area is 95.6 Å². The molecule has 1 aromatic carbocycles. The number of halogens is 1. The Balaban J connectivity index is 3.02. The zero-order valence-electron chi connectivity index (χ0n) is 8.90. The van der Waals surface area contributed by atoms with Crippen molar-refractivity contribution in [3.05, 3.63) is 39.7 Å². The minimum atomic E-state index is -0.855. The molecule has 0 saturated heterocycles. The maximum absolute atomic E-state index is 12.9. The molecule has 1 N–H and O–H groups in total. The van der Waals surface area contributed by atoms with Crippen LogP contribution >= 0.6 is 0 Å². The number of nitrogens with zero attached hydrogens (tertiary/aromatic N) is 1. The van der Waals surface area contributed by atoms with E-state index < -0.39 is 27.9 Å². The molecule has 0 aliphatic rings. The van der Waals surface area contributed by atoms with Gasteiger partial charge in [0, 0.05) is 6.07 Å². The van der Waals surface area contributed by atoms with Gasteiger partial charge in [-0.05, 0) is 19.1 Å². The van der Waals surface area contributed by atoms with E-state index >= 15 is 0 Å². The van der Waals surface area contributed by atoms with E-state index in [2.05, 4.69) is 5.32 Å². The highest BCUT2D eigenvalue weighted by Crippen LogP contribution is 2.19. The average Bonchev–Trinajstić information content (AvgIpc) is 2.25. The van der Waals surface area contributed by atoms with Gasteiger partial charge < -0.3 is 5.32 Å². The molecule has 0 spiro atoms. The topological polar surface area (TPSA) is 89.3 Å². The lowest BCUT2D eigenvalue weighted by Gasteiger charge is -2.03. The lowest BCUT2D eigenvalue weighted by Crippen LogP contribution is -2.28. The summed E-state index contributed by atoms with van der Waals surface area (Å²) in [5.74, 6) is -1.92. The van der Waals surface area contributed by atoms with Gasteiger partial charge in [0.15, 0.2) is 0 Å². The number of nitro groups is 1. The second-order valence-corrected chi connectivity index (χ2v) is 3.30. The molecule has 0 bridgehead atoms.